The Kier molecular flexibility index (Phi) is 5.46. The van der Waals surface area contributed by atoms with E-state index < -0.39 is 0 Å². The molecule has 1 rings (SSSR count). The largest absolute Gasteiger partial charge is 0.400 e. The number of rotatable bonds is 0. The summed E-state index contributed by atoms with van der Waals surface area (Å²) in [4.78, 5) is 0. The van der Waals surface area contributed by atoms with Gasteiger partial charge in [-0.1, -0.05) is 6.92 Å². The molecule has 1 fully saturated rings. The summed E-state index contributed by atoms with van der Waals surface area (Å²) in [7, 11) is 1.00. The zero-order valence-electron chi connectivity index (χ0n) is 8.32. The summed E-state index contributed by atoms with van der Waals surface area (Å²) in [6.07, 6.45) is 1.04. The minimum absolute atomic E-state index is 0.0127. The van der Waals surface area contributed by atoms with E-state index in [4.69, 9.17) is 9.84 Å². The van der Waals surface area contributed by atoms with Crippen molar-refractivity contribution in [1.82, 2.24) is 0 Å². The highest BCUT2D eigenvalue weighted by molar-refractivity contribution is 4.78. The fourth-order valence-corrected chi connectivity index (χ4v) is 1.63. The molecule has 1 aliphatic rings. The fourth-order valence-electron chi connectivity index (χ4n) is 1.63. The Hall–Kier alpha value is -0.120. The van der Waals surface area contributed by atoms with Crippen LogP contribution in [0.3, 0.4) is 0 Å². The maximum absolute atomic E-state index is 9.44. The maximum atomic E-state index is 9.44. The molecule has 0 saturated carbocycles. The van der Waals surface area contributed by atoms with Crippen LogP contribution in [0.15, 0.2) is 0 Å². The zero-order valence-corrected chi connectivity index (χ0v) is 8.32. The molecule has 3 nitrogen and oxygen atoms in total. The standard InChI is InChI=1S/C8H16O2.CH4O/c1-5-4-6(2)10-7(3)8(5)9;1-2/h5-9H,4H2,1-3H3;2H,1H3/t5?,6-,7?,8+;/m0./s1. The van der Waals surface area contributed by atoms with Gasteiger partial charge in [0.2, 0.25) is 0 Å². The predicted molar refractivity (Wildman–Crippen MR) is 47.9 cm³/mol. The van der Waals surface area contributed by atoms with Crippen molar-refractivity contribution in [3.63, 3.8) is 0 Å². The molecule has 0 bridgehead atoms. The lowest BCUT2D eigenvalue weighted by molar-refractivity contribution is -0.126. The van der Waals surface area contributed by atoms with Crippen LogP contribution >= 0.6 is 0 Å². The van der Waals surface area contributed by atoms with E-state index in [0.29, 0.717) is 12.0 Å². The first-order chi connectivity index (χ1) is 5.61. The van der Waals surface area contributed by atoms with E-state index in [1.54, 1.807) is 0 Å². The van der Waals surface area contributed by atoms with Gasteiger partial charge >= 0.3 is 0 Å². The number of aliphatic hydroxyl groups is 2. The van der Waals surface area contributed by atoms with Crippen LogP contribution in [0.4, 0.5) is 0 Å². The Morgan fingerprint density at radius 1 is 1.17 bits per heavy atom. The summed E-state index contributed by atoms with van der Waals surface area (Å²) in [5, 5.41) is 16.4. The Labute approximate surface area is 74.4 Å². The van der Waals surface area contributed by atoms with Gasteiger partial charge in [0.05, 0.1) is 18.3 Å². The number of aliphatic hydroxyl groups excluding tert-OH is 2. The van der Waals surface area contributed by atoms with Crippen molar-refractivity contribution in [2.45, 2.75) is 45.5 Å². The van der Waals surface area contributed by atoms with Gasteiger partial charge in [0.25, 0.3) is 0 Å². The second kappa shape index (κ2) is 5.51. The molecule has 1 saturated heterocycles. The van der Waals surface area contributed by atoms with Crippen LogP contribution in [-0.4, -0.2) is 35.6 Å². The molecular weight excluding hydrogens is 156 g/mol. The maximum Gasteiger partial charge on any atom is 0.0825 e. The van der Waals surface area contributed by atoms with Gasteiger partial charge in [0, 0.05) is 7.11 Å². The van der Waals surface area contributed by atoms with Crippen molar-refractivity contribution in [3.8, 4) is 0 Å². The minimum atomic E-state index is -0.267. The van der Waals surface area contributed by atoms with Crippen LogP contribution in [0, 0.1) is 5.92 Å². The van der Waals surface area contributed by atoms with E-state index in [0.717, 1.165) is 13.5 Å². The van der Waals surface area contributed by atoms with E-state index >= 15 is 0 Å². The zero-order chi connectivity index (χ0) is 9.72. The van der Waals surface area contributed by atoms with Crippen LogP contribution in [0.25, 0.3) is 0 Å². The Balaban J connectivity index is 0.000000561. The summed E-state index contributed by atoms with van der Waals surface area (Å²) >= 11 is 0. The summed E-state index contributed by atoms with van der Waals surface area (Å²) in [5.41, 5.74) is 0. The lowest BCUT2D eigenvalue weighted by atomic mass is 9.92. The molecular formula is C9H20O3. The first-order valence-corrected chi connectivity index (χ1v) is 4.39. The van der Waals surface area contributed by atoms with Crippen LogP contribution in [0.1, 0.15) is 27.2 Å². The molecule has 2 unspecified atom stereocenters. The van der Waals surface area contributed by atoms with Gasteiger partial charge in [-0.2, -0.15) is 0 Å². The molecule has 3 heteroatoms. The van der Waals surface area contributed by atoms with Crippen molar-refractivity contribution in [3.05, 3.63) is 0 Å². The SMILES string of the molecule is CC1C[C@H](C)OC(C)[C@@H]1O.CO. The monoisotopic (exact) mass is 176 g/mol. The molecule has 2 N–H and O–H groups in total. The second-order valence-electron chi connectivity index (χ2n) is 3.36. The van der Waals surface area contributed by atoms with Crippen LogP contribution in [0.5, 0.6) is 0 Å². The number of hydrogen-bond acceptors (Lipinski definition) is 3. The summed E-state index contributed by atoms with van der Waals surface area (Å²) < 4.78 is 5.42. The average molecular weight is 176 g/mol. The molecule has 74 valence electrons. The molecule has 0 radical (unpaired) electrons. The van der Waals surface area contributed by atoms with Gasteiger partial charge in [0.1, 0.15) is 0 Å². The molecule has 0 aromatic heterocycles. The normalized spacial score (nSPS) is 41.5. The predicted octanol–water partition coefficient (Wildman–Crippen LogP) is 0.789. The van der Waals surface area contributed by atoms with Gasteiger partial charge in [-0.05, 0) is 26.2 Å². The minimum Gasteiger partial charge on any atom is -0.400 e. The molecule has 1 aliphatic heterocycles. The highest BCUT2D eigenvalue weighted by Crippen LogP contribution is 2.24. The second-order valence-corrected chi connectivity index (χ2v) is 3.36. The Morgan fingerprint density at radius 3 is 2.08 bits per heavy atom. The Morgan fingerprint density at radius 2 is 1.67 bits per heavy atom. The van der Waals surface area contributed by atoms with Crippen LogP contribution < -0.4 is 0 Å². The highest BCUT2D eigenvalue weighted by atomic mass is 16.5. The molecule has 0 aliphatic carbocycles. The van der Waals surface area contributed by atoms with E-state index in [2.05, 4.69) is 13.8 Å². The lowest BCUT2D eigenvalue weighted by Crippen LogP contribution is -2.41. The molecule has 4 atom stereocenters. The fraction of sp³-hybridized carbons (Fsp3) is 1.00. The van der Waals surface area contributed by atoms with Gasteiger partial charge in [0.15, 0.2) is 0 Å². The van der Waals surface area contributed by atoms with E-state index in [-0.39, 0.29) is 12.2 Å². The van der Waals surface area contributed by atoms with Gasteiger partial charge in [-0.25, -0.2) is 0 Å². The summed E-state index contributed by atoms with van der Waals surface area (Å²) in [5.74, 6) is 0.388. The molecule has 0 aromatic rings. The van der Waals surface area contributed by atoms with Gasteiger partial charge in [-0.15, -0.1) is 0 Å². The highest BCUT2D eigenvalue weighted by Gasteiger charge is 2.29. The summed E-state index contributed by atoms with van der Waals surface area (Å²) in [6.45, 7) is 6.05. The third kappa shape index (κ3) is 3.09. The van der Waals surface area contributed by atoms with Crippen molar-refractivity contribution in [1.29, 1.82) is 0 Å². The first-order valence-electron chi connectivity index (χ1n) is 4.39. The lowest BCUT2D eigenvalue weighted by Gasteiger charge is -2.34. The van der Waals surface area contributed by atoms with Crippen LogP contribution in [-0.2, 0) is 4.74 Å². The average Bonchev–Trinajstić information content (AvgIpc) is 2.04. The third-order valence-electron chi connectivity index (χ3n) is 2.21. The smallest absolute Gasteiger partial charge is 0.0825 e. The van der Waals surface area contributed by atoms with E-state index in [1.165, 1.54) is 0 Å². The van der Waals surface area contributed by atoms with E-state index in [1.807, 2.05) is 6.92 Å². The number of hydrogen-bond donors (Lipinski definition) is 2. The molecule has 1 heterocycles. The van der Waals surface area contributed by atoms with Crippen molar-refractivity contribution in [2.75, 3.05) is 7.11 Å². The molecule has 0 spiro atoms. The topological polar surface area (TPSA) is 49.7 Å². The van der Waals surface area contributed by atoms with Crippen molar-refractivity contribution in [2.24, 2.45) is 5.92 Å². The van der Waals surface area contributed by atoms with Gasteiger partial charge in [-0.3, -0.25) is 0 Å². The molecule has 12 heavy (non-hydrogen) atoms. The Bertz CT molecular complexity index is 104. The first kappa shape index (κ1) is 11.9. The van der Waals surface area contributed by atoms with Gasteiger partial charge < -0.3 is 14.9 Å². The van der Waals surface area contributed by atoms with Crippen molar-refractivity contribution >= 4 is 0 Å². The third-order valence-corrected chi connectivity index (χ3v) is 2.21. The quantitative estimate of drug-likeness (QED) is 0.573. The van der Waals surface area contributed by atoms with Crippen molar-refractivity contribution < 1.29 is 14.9 Å². The molecule has 0 amide bonds. The number of ether oxygens (including phenoxy) is 1. The summed E-state index contributed by atoms with van der Waals surface area (Å²) in [6, 6.07) is 0. The molecule has 0 aromatic carbocycles. The van der Waals surface area contributed by atoms with E-state index in [9.17, 15) is 5.11 Å². The van der Waals surface area contributed by atoms with Crippen LogP contribution in [0.2, 0.25) is 0 Å².